The molecule has 1 aliphatic heterocycles. The topological polar surface area (TPSA) is 63.7 Å². The maximum Gasteiger partial charge on any atom is 0.308 e. The Hall–Kier alpha value is -2.17. The normalized spacial score (nSPS) is 31.0. The first-order chi connectivity index (χ1) is 13.8. The number of hydrogen-bond donors (Lipinski definition) is 0. The van der Waals surface area contributed by atoms with Gasteiger partial charge in [-0.2, -0.15) is 0 Å². The minimum absolute atomic E-state index is 0.0163. The Morgan fingerprint density at radius 1 is 1.28 bits per heavy atom. The van der Waals surface area contributed by atoms with Crippen LogP contribution in [0, 0.1) is 17.3 Å². The number of likely N-dealkylation sites (tertiary alicyclic amines) is 1. The summed E-state index contributed by atoms with van der Waals surface area (Å²) in [5.74, 6) is 1.24. The van der Waals surface area contributed by atoms with Crippen LogP contribution in [0.15, 0.2) is 18.2 Å². The van der Waals surface area contributed by atoms with E-state index >= 15 is 0 Å². The molecular formula is C24H31NO4. The number of rotatable bonds is 4. The van der Waals surface area contributed by atoms with Crippen molar-refractivity contribution in [1.29, 1.82) is 0 Å². The van der Waals surface area contributed by atoms with Crippen molar-refractivity contribution < 1.29 is 19.1 Å². The van der Waals surface area contributed by atoms with Crippen molar-refractivity contribution in [1.82, 2.24) is 4.90 Å². The molecule has 4 atom stereocenters. The summed E-state index contributed by atoms with van der Waals surface area (Å²) in [6.45, 7) is 6.16. The second-order valence-electron chi connectivity index (χ2n) is 9.23. The van der Waals surface area contributed by atoms with Gasteiger partial charge in [-0.25, -0.2) is 0 Å². The van der Waals surface area contributed by atoms with Gasteiger partial charge in [0, 0.05) is 19.9 Å². The Kier molecular flexibility index (Phi) is 5.26. The van der Waals surface area contributed by atoms with E-state index in [0.717, 1.165) is 38.5 Å². The third-order valence-corrected chi connectivity index (χ3v) is 7.51. The summed E-state index contributed by atoms with van der Waals surface area (Å²) in [4.78, 5) is 39.0. The van der Waals surface area contributed by atoms with Gasteiger partial charge in [0.25, 0.3) is 0 Å². The molecular weight excluding hydrogens is 366 g/mol. The third kappa shape index (κ3) is 3.38. The van der Waals surface area contributed by atoms with Crippen molar-refractivity contribution in [3.05, 3.63) is 29.3 Å². The zero-order valence-corrected chi connectivity index (χ0v) is 17.7. The molecule has 0 aromatic heterocycles. The monoisotopic (exact) mass is 397 g/mol. The summed E-state index contributed by atoms with van der Waals surface area (Å²) in [6, 6.07) is 5.96. The average Bonchev–Trinajstić information content (AvgIpc) is 2.68. The molecule has 1 saturated heterocycles. The van der Waals surface area contributed by atoms with Crippen LogP contribution in [0.4, 0.5) is 0 Å². The van der Waals surface area contributed by atoms with Crippen molar-refractivity contribution in [3.63, 3.8) is 0 Å². The molecule has 2 aliphatic carbocycles. The summed E-state index contributed by atoms with van der Waals surface area (Å²) in [5, 5.41) is 0. The maximum atomic E-state index is 13.3. The zero-order chi connectivity index (χ0) is 20.8. The Morgan fingerprint density at radius 2 is 2.07 bits per heavy atom. The quantitative estimate of drug-likeness (QED) is 0.433. The van der Waals surface area contributed by atoms with Crippen LogP contribution in [-0.2, 0) is 20.8 Å². The van der Waals surface area contributed by atoms with Gasteiger partial charge in [-0.05, 0) is 73.1 Å². The van der Waals surface area contributed by atoms with Gasteiger partial charge in [-0.1, -0.05) is 26.3 Å². The molecule has 0 bridgehead atoms. The summed E-state index contributed by atoms with van der Waals surface area (Å²) in [7, 11) is 0. The lowest BCUT2D eigenvalue weighted by Gasteiger charge is -2.54. The molecule has 0 N–H and O–H groups in total. The Morgan fingerprint density at radius 3 is 2.79 bits per heavy atom. The highest BCUT2D eigenvalue weighted by Gasteiger charge is 2.57. The number of benzene rings is 1. The second kappa shape index (κ2) is 7.58. The highest BCUT2D eigenvalue weighted by atomic mass is 16.5. The molecule has 2 amide bonds. The molecule has 1 aromatic carbocycles. The molecule has 5 nitrogen and oxygen atoms in total. The highest BCUT2D eigenvalue weighted by Crippen LogP contribution is 2.58. The number of amides is 2. The molecule has 0 unspecified atom stereocenters. The van der Waals surface area contributed by atoms with E-state index in [1.54, 1.807) is 4.90 Å². The molecule has 0 radical (unpaired) electrons. The number of aryl methyl sites for hydroxylation is 1. The van der Waals surface area contributed by atoms with E-state index in [9.17, 15) is 14.4 Å². The standard InChI is InChI=1S/C24H31NO4/c1-4-5-12-25-22(27)14-21-20-8-6-16-13-17(29-15(2)26)7-9-18(16)19(20)10-11-24(21,3)23(25)28/h7,9,13,19-21H,4-6,8,10-12,14H2,1-3H3/t19-,20-,21+,24+/m1/s1. The SMILES string of the molecule is CCCCN1C(=O)C[C@H]2[C@@H]3CCc4cc(OC(C)=O)ccc4[C@H]3CC[C@]2(C)C1=O. The van der Waals surface area contributed by atoms with E-state index in [-0.39, 0.29) is 23.7 Å². The summed E-state index contributed by atoms with van der Waals surface area (Å²) < 4.78 is 5.26. The first-order valence-electron chi connectivity index (χ1n) is 11.0. The van der Waals surface area contributed by atoms with E-state index in [2.05, 4.69) is 19.9 Å². The Bertz CT molecular complexity index is 847. The lowest BCUT2D eigenvalue weighted by Crippen LogP contribution is -2.59. The van der Waals surface area contributed by atoms with Crippen molar-refractivity contribution in [2.75, 3.05) is 6.54 Å². The van der Waals surface area contributed by atoms with Crippen LogP contribution >= 0.6 is 0 Å². The molecule has 4 rings (SSSR count). The van der Waals surface area contributed by atoms with Crippen LogP contribution < -0.4 is 4.74 Å². The fourth-order valence-electron chi connectivity index (χ4n) is 6.01. The van der Waals surface area contributed by atoms with Gasteiger partial charge >= 0.3 is 5.97 Å². The number of imide groups is 1. The summed E-state index contributed by atoms with van der Waals surface area (Å²) in [6.07, 6.45) is 6.04. The van der Waals surface area contributed by atoms with Crippen molar-refractivity contribution in [3.8, 4) is 5.75 Å². The van der Waals surface area contributed by atoms with Gasteiger partial charge in [0.2, 0.25) is 11.8 Å². The summed E-state index contributed by atoms with van der Waals surface area (Å²) >= 11 is 0. The number of carbonyl (C=O) groups excluding carboxylic acids is 3. The van der Waals surface area contributed by atoms with Crippen LogP contribution in [-0.4, -0.2) is 29.2 Å². The Balaban J connectivity index is 1.60. The fraction of sp³-hybridized carbons (Fsp3) is 0.625. The molecule has 29 heavy (non-hydrogen) atoms. The van der Waals surface area contributed by atoms with Gasteiger partial charge in [-0.3, -0.25) is 19.3 Å². The highest BCUT2D eigenvalue weighted by molar-refractivity contribution is 6.01. The number of unbranched alkanes of at least 4 members (excludes halogenated alkanes) is 1. The molecule has 1 aromatic rings. The van der Waals surface area contributed by atoms with E-state index in [0.29, 0.717) is 30.6 Å². The number of nitrogens with zero attached hydrogens (tertiary/aromatic N) is 1. The number of fused-ring (bicyclic) bond motifs is 5. The van der Waals surface area contributed by atoms with E-state index in [1.165, 1.54) is 18.1 Å². The third-order valence-electron chi connectivity index (χ3n) is 7.51. The van der Waals surface area contributed by atoms with Gasteiger partial charge in [0.05, 0.1) is 5.41 Å². The zero-order valence-electron chi connectivity index (χ0n) is 17.7. The van der Waals surface area contributed by atoms with E-state index in [1.807, 2.05) is 12.1 Å². The molecule has 1 saturated carbocycles. The summed E-state index contributed by atoms with van der Waals surface area (Å²) in [5.41, 5.74) is 2.14. The molecule has 5 heteroatoms. The number of carbonyl (C=O) groups is 3. The van der Waals surface area contributed by atoms with Crippen LogP contribution in [0.1, 0.15) is 76.3 Å². The average molecular weight is 398 g/mol. The first kappa shape index (κ1) is 20.1. The largest absolute Gasteiger partial charge is 0.427 e. The number of ether oxygens (including phenoxy) is 1. The fourth-order valence-corrected chi connectivity index (χ4v) is 6.01. The van der Waals surface area contributed by atoms with Crippen LogP contribution in [0.2, 0.25) is 0 Å². The van der Waals surface area contributed by atoms with E-state index in [4.69, 9.17) is 4.74 Å². The van der Waals surface area contributed by atoms with Crippen LogP contribution in [0.5, 0.6) is 5.75 Å². The lowest BCUT2D eigenvalue weighted by molar-refractivity contribution is -0.167. The molecule has 156 valence electrons. The lowest BCUT2D eigenvalue weighted by atomic mass is 9.52. The number of hydrogen-bond acceptors (Lipinski definition) is 4. The van der Waals surface area contributed by atoms with Gasteiger partial charge in [-0.15, -0.1) is 0 Å². The van der Waals surface area contributed by atoms with E-state index < -0.39 is 5.41 Å². The molecule has 1 heterocycles. The minimum Gasteiger partial charge on any atom is -0.427 e. The molecule has 2 fully saturated rings. The van der Waals surface area contributed by atoms with Gasteiger partial charge in [0.1, 0.15) is 5.75 Å². The molecule has 3 aliphatic rings. The maximum absolute atomic E-state index is 13.3. The first-order valence-corrected chi connectivity index (χ1v) is 11.0. The number of piperidine rings is 1. The molecule has 0 spiro atoms. The van der Waals surface area contributed by atoms with Crippen molar-refractivity contribution in [2.45, 2.75) is 71.6 Å². The minimum atomic E-state index is -0.419. The van der Waals surface area contributed by atoms with Crippen molar-refractivity contribution >= 4 is 17.8 Å². The van der Waals surface area contributed by atoms with Gasteiger partial charge in [0.15, 0.2) is 0 Å². The van der Waals surface area contributed by atoms with Crippen LogP contribution in [0.3, 0.4) is 0 Å². The smallest absolute Gasteiger partial charge is 0.308 e. The van der Waals surface area contributed by atoms with Crippen LogP contribution in [0.25, 0.3) is 0 Å². The van der Waals surface area contributed by atoms with Gasteiger partial charge < -0.3 is 4.74 Å². The van der Waals surface area contributed by atoms with Crippen molar-refractivity contribution in [2.24, 2.45) is 17.3 Å². The Labute approximate surface area is 172 Å². The number of esters is 1. The predicted molar refractivity (Wildman–Crippen MR) is 109 cm³/mol. The predicted octanol–water partition coefficient (Wildman–Crippen LogP) is 4.23. The second-order valence-corrected chi connectivity index (χ2v) is 9.23.